The fourth-order valence-corrected chi connectivity index (χ4v) is 6.56. The lowest BCUT2D eigenvalue weighted by atomic mass is 10.1. The van der Waals surface area contributed by atoms with Gasteiger partial charge < -0.3 is 34.1 Å². The minimum Gasteiger partial charge on any atom is -0.465 e. The molecule has 52 heavy (non-hydrogen) atoms. The van der Waals surface area contributed by atoms with Gasteiger partial charge in [-0.25, -0.2) is 0 Å². The first kappa shape index (κ1) is 51.2. The molecular weight excluding hydrogens is 654 g/mol. The SMILES string of the molecule is CCCCCCCCCCCCOC(O)CCCCN(CCO)CCCCCC(=O)OCCC(OCCCCCCCC)OCCCCCCCC. The molecule has 2 N–H and O–H groups in total. The molecule has 1 atom stereocenters. The van der Waals surface area contributed by atoms with Crippen LogP contribution in [0.5, 0.6) is 0 Å². The molecule has 1 unspecified atom stereocenters. The molecule has 0 aliphatic rings. The first-order valence-electron chi connectivity index (χ1n) is 22.6. The van der Waals surface area contributed by atoms with Crippen LogP contribution in [0.15, 0.2) is 0 Å². The normalized spacial score (nSPS) is 12.4. The molecule has 0 aromatic carbocycles. The number of ether oxygens (including phenoxy) is 4. The van der Waals surface area contributed by atoms with E-state index < -0.39 is 6.29 Å². The molecule has 0 aliphatic carbocycles. The van der Waals surface area contributed by atoms with E-state index in [0.29, 0.717) is 52.2 Å². The summed E-state index contributed by atoms with van der Waals surface area (Å²) in [7, 11) is 0. The summed E-state index contributed by atoms with van der Waals surface area (Å²) in [5.41, 5.74) is 0. The van der Waals surface area contributed by atoms with Gasteiger partial charge in [0.2, 0.25) is 0 Å². The van der Waals surface area contributed by atoms with E-state index in [-0.39, 0.29) is 18.9 Å². The lowest BCUT2D eigenvalue weighted by Crippen LogP contribution is -2.29. The van der Waals surface area contributed by atoms with Crippen LogP contribution in [0, 0.1) is 0 Å². The molecule has 0 radical (unpaired) electrons. The van der Waals surface area contributed by atoms with Crippen molar-refractivity contribution >= 4 is 5.97 Å². The van der Waals surface area contributed by atoms with E-state index >= 15 is 0 Å². The topological polar surface area (TPSA) is 97.7 Å². The van der Waals surface area contributed by atoms with E-state index in [9.17, 15) is 15.0 Å². The molecule has 0 aromatic rings. The van der Waals surface area contributed by atoms with Gasteiger partial charge in [-0.1, -0.05) is 149 Å². The molecular formula is C44H89NO7. The number of carbonyl (C=O) groups excluding carboxylic acids is 1. The van der Waals surface area contributed by atoms with E-state index in [4.69, 9.17) is 18.9 Å². The summed E-state index contributed by atoms with van der Waals surface area (Å²) in [5.74, 6) is -0.147. The fraction of sp³-hybridized carbons (Fsp3) is 0.977. The van der Waals surface area contributed by atoms with E-state index in [1.54, 1.807) is 0 Å². The maximum Gasteiger partial charge on any atom is 0.305 e. The third kappa shape index (κ3) is 38.9. The van der Waals surface area contributed by atoms with Gasteiger partial charge in [0.15, 0.2) is 12.6 Å². The Labute approximate surface area is 322 Å². The van der Waals surface area contributed by atoms with Crippen LogP contribution in [0.4, 0.5) is 0 Å². The summed E-state index contributed by atoms with van der Waals surface area (Å²) >= 11 is 0. The Morgan fingerprint density at radius 2 is 0.904 bits per heavy atom. The molecule has 0 aromatic heterocycles. The minimum atomic E-state index is -0.675. The highest BCUT2D eigenvalue weighted by Crippen LogP contribution is 2.13. The standard InChI is InChI=1S/C44H89NO7/c1-4-7-10-13-16-17-18-19-22-28-38-49-42(47)32-25-27-35-45(36-37-46)34-26-23-24-31-43(48)50-41-33-44(51-39-29-20-14-11-8-5-2)52-40-30-21-15-12-9-6-3/h42,44,46-47H,4-41H2,1-3H3. The number of hydrogen-bond acceptors (Lipinski definition) is 8. The van der Waals surface area contributed by atoms with Gasteiger partial charge in [-0.3, -0.25) is 4.79 Å². The molecule has 0 amide bonds. The second kappa shape index (κ2) is 43.0. The molecule has 0 saturated heterocycles. The maximum atomic E-state index is 12.4. The van der Waals surface area contributed by atoms with Gasteiger partial charge in [-0.2, -0.15) is 0 Å². The van der Waals surface area contributed by atoms with Crippen LogP contribution in [0.1, 0.15) is 213 Å². The third-order valence-corrected chi connectivity index (χ3v) is 9.97. The van der Waals surface area contributed by atoms with Gasteiger partial charge in [0.1, 0.15) is 0 Å². The van der Waals surface area contributed by atoms with Gasteiger partial charge in [0, 0.05) is 39.2 Å². The number of esters is 1. The number of nitrogens with zero attached hydrogens (tertiary/aromatic N) is 1. The summed E-state index contributed by atoms with van der Waals surface area (Å²) in [6.07, 6.45) is 33.0. The number of rotatable bonds is 44. The summed E-state index contributed by atoms with van der Waals surface area (Å²) < 4.78 is 23.3. The maximum absolute atomic E-state index is 12.4. The van der Waals surface area contributed by atoms with Crippen LogP contribution < -0.4 is 0 Å². The van der Waals surface area contributed by atoms with Crippen LogP contribution in [0.3, 0.4) is 0 Å². The molecule has 0 spiro atoms. The summed E-state index contributed by atoms with van der Waals surface area (Å²) in [4.78, 5) is 14.7. The molecule has 312 valence electrons. The van der Waals surface area contributed by atoms with Crippen molar-refractivity contribution in [2.24, 2.45) is 0 Å². The molecule has 0 aliphatic heterocycles. The molecule has 0 bridgehead atoms. The Bertz CT molecular complexity index is 680. The fourth-order valence-electron chi connectivity index (χ4n) is 6.56. The van der Waals surface area contributed by atoms with Crippen LogP contribution in [0.2, 0.25) is 0 Å². The first-order chi connectivity index (χ1) is 25.6. The second-order valence-corrected chi connectivity index (χ2v) is 15.1. The minimum absolute atomic E-state index is 0.142. The average Bonchev–Trinajstić information content (AvgIpc) is 3.14. The van der Waals surface area contributed by atoms with Gasteiger partial charge >= 0.3 is 5.97 Å². The largest absolute Gasteiger partial charge is 0.465 e. The lowest BCUT2D eigenvalue weighted by Gasteiger charge is -2.21. The molecule has 0 rings (SSSR count). The van der Waals surface area contributed by atoms with E-state index in [2.05, 4.69) is 25.7 Å². The molecule has 8 nitrogen and oxygen atoms in total. The average molecular weight is 744 g/mol. The van der Waals surface area contributed by atoms with Crippen molar-refractivity contribution in [1.29, 1.82) is 0 Å². The number of carbonyl (C=O) groups is 1. The van der Waals surface area contributed by atoms with Crippen molar-refractivity contribution in [3.63, 3.8) is 0 Å². The molecule has 8 heteroatoms. The van der Waals surface area contributed by atoms with Crippen LogP contribution in [0.25, 0.3) is 0 Å². The third-order valence-electron chi connectivity index (χ3n) is 9.97. The van der Waals surface area contributed by atoms with Crippen molar-refractivity contribution in [3.05, 3.63) is 0 Å². The number of unbranched alkanes of at least 4 members (excludes halogenated alkanes) is 22. The zero-order valence-electron chi connectivity index (χ0n) is 34.9. The van der Waals surface area contributed by atoms with Gasteiger partial charge in [0.05, 0.1) is 13.2 Å². The Morgan fingerprint density at radius 1 is 0.481 bits per heavy atom. The molecule has 0 heterocycles. The van der Waals surface area contributed by atoms with Crippen molar-refractivity contribution in [2.75, 3.05) is 52.7 Å². The predicted molar refractivity (Wildman–Crippen MR) is 218 cm³/mol. The van der Waals surface area contributed by atoms with Crippen LogP contribution >= 0.6 is 0 Å². The zero-order valence-corrected chi connectivity index (χ0v) is 34.9. The zero-order chi connectivity index (χ0) is 38.0. The van der Waals surface area contributed by atoms with Crippen molar-refractivity contribution in [2.45, 2.75) is 226 Å². The molecule has 0 saturated carbocycles. The van der Waals surface area contributed by atoms with E-state index in [1.807, 2.05) is 0 Å². The van der Waals surface area contributed by atoms with Crippen molar-refractivity contribution in [3.8, 4) is 0 Å². The Hall–Kier alpha value is -0.770. The summed E-state index contributed by atoms with van der Waals surface area (Å²) in [6.45, 7) is 11.7. The number of hydrogen-bond donors (Lipinski definition) is 2. The predicted octanol–water partition coefficient (Wildman–Crippen LogP) is 11.3. The van der Waals surface area contributed by atoms with Gasteiger partial charge in [0.25, 0.3) is 0 Å². The van der Waals surface area contributed by atoms with Crippen LogP contribution in [-0.2, 0) is 23.7 Å². The van der Waals surface area contributed by atoms with E-state index in [1.165, 1.54) is 122 Å². The monoisotopic (exact) mass is 744 g/mol. The highest BCUT2D eigenvalue weighted by atomic mass is 16.7. The smallest absolute Gasteiger partial charge is 0.305 e. The number of aliphatic hydroxyl groups excluding tert-OH is 2. The van der Waals surface area contributed by atoms with Gasteiger partial charge in [-0.15, -0.1) is 0 Å². The quantitative estimate of drug-likeness (QED) is 0.0362. The van der Waals surface area contributed by atoms with Crippen LogP contribution in [-0.4, -0.2) is 86.3 Å². The Morgan fingerprint density at radius 3 is 1.38 bits per heavy atom. The highest BCUT2D eigenvalue weighted by molar-refractivity contribution is 5.69. The lowest BCUT2D eigenvalue weighted by molar-refractivity contribution is -0.161. The van der Waals surface area contributed by atoms with Gasteiger partial charge in [-0.05, 0) is 64.5 Å². The van der Waals surface area contributed by atoms with Crippen molar-refractivity contribution in [1.82, 2.24) is 4.90 Å². The summed E-state index contributed by atoms with van der Waals surface area (Å²) in [5, 5.41) is 19.7. The first-order valence-corrected chi connectivity index (χ1v) is 22.6. The Balaban J connectivity index is 4.01. The highest BCUT2D eigenvalue weighted by Gasteiger charge is 2.12. The second-order valence-electron chi connectivity index (χ2n) is 15.1. The summed E-state index contributed by atoms with van der Waals surface area (Å²) in [6, 6.07) is 0. The van der Waals surface area contributed by atoms with E-state index in [0.717, 1.165) is 64.5 Å². The molecule has 0 fully saturated rings. The number of aliphatic hydroxyl groups is 2. The van der Waals surface area contributed by atoms with Crippen molar-refractivity contribution < 1.29 is 34.0 Å². The Kier molecular flexibility index (Phi) is 42.3.